The molecule has 2 heterocycles. The molecule has 3 nitrogen and oxygen atoms in total. The van der Waals surface area contributed by atoms with Crippen molar-refractivity contribution in [1.82, 2.24) is 10.3 Å². The molecule has 1 fully saturated rings. The summed E-state index contributed by atoms with van der Waals surface area (Å²) in [7, 11) is 0. The first-order valence-corrected chi connectivity index (χ1v) is 8.27. The highest BCUT2D eigenvalue weighted by Crippen LogP contribution is 2.27. The molecular formula is C18H27N3. The highest BCUT2D eigenvalue weighted by Gasteiger charge is 2.25. The summed E-state index contributed by atoms with van der Waals surface area (Å²) in [6.07, 6.45) is 8.16. The maximum absolute atomic E-state index is 4.46. The predicted octanol–water partition coefficient (Wildman–Crippen LogP) is 3.24. The Labute approximate surface area is 128 Å². The van der Waals surface area contributed by atoms with Crippen LogP contribution in [0.2, 0.25) is 0 Å². The van der Waals surface area contributed by atoms with Crippen molar-refractivity contribution < 1.29 is 0 Å². The molecule has 0 radical (unpaired) electrons. The summed E-state index contributed by atoms with van der Waals surface area (Å²) < 4.78 is 0. The van der Waals surface area contributed by atoms with Gasteiger partial charge in [-0.3, -0.25) is 0 Å². The molecule has 1 saturated heterocycles. The van der Waals surface area contributed by atoms with Gasteiger partial charge in [-0.2, -0.15) is 0 Å². The molecule has 1 aromatic rings. The zero-order valence-corrected chi connectivity index (χ0v) is 13.3. The molecule has 0 amide bonds. The average molecular weight is 285 g/mol. The fourth-order valence-corrected chi connectivity index (χ4v) is 3.85. The summed E-state index contributed by atoms with van der Waals surface area (Å²) in [5.41, 5.74) is 1.57. The van der Waals surface area contributed by atoms with E-state index in [9.17, 15) is 0 Å². The molecule has 3 heteroatoms. The molecule has 0 saturated carbocycles. The van der Waals surface area contributed by atoms with Crippen LogP contribution in [0, 0.1) is 11.8 Å². The van der Waals surface area contributed by atoms with Crippen LogP contribution in [0.4, 0.5) is 5.82 Å². The van der Waals surface area contributed by atoms with Gasteiger partial charge in [0.1, 0.15) is 5.82 Å². The van der Waals surface area contributed by atoms with Crippen LogP contribution in [0.5, 0.6) is 0 Å². The minimum Gasteiger partial charge on any atom is -0.355 e. The molecule has 1 aromatic heterocycles. The second kappa shape index (κ2) is 6.61. The third-order valence-electron chi connectivity index (χ3n) is 4.74. The molecule has 0 spiro atoms. The van der Waals surface area contributed by atoms with Gasteiger partial charge in [-0.05, 0) is 56.7 Å². The minimum atomic E-state index is 0.619. The summed E-state index contributed by atoms with van der Waals surface area (Å²) in [5, 5.41) is 3.80. The van der Waals surface area contributed by atoms with Gasteiger partial charge in [0.2, 0.25) is 0 Å². The van der Waals surface area contributed by atoms with Gasteiger partial charge in [-0.15, -0.1) is 0 Å². The topological polar surface area (TPSA) is 28.2 Å². The van der Waals surface area contributed by atoms with Crippen LogP contribution in [-0.2, 0) is 0 Å². The molecule has 3 rings (SSSR count). The number of anilines is 1. The number of hydrogen-bond acceptors (Lipinski definition) is 3. The zero-order chi connectivity index (χ0) is 14.7. The first kappa shape index (κ1) is 14.6. The summed E-state index contributed by atoms with van der Waals surface area (Å²) in [6, 6.07) is 6.78. The van der Waals surface area contributed by atoms with Crippen molar-refractivity contribution in [3.8, 4) is 0 Å². The van der Waals surface area contributed by atoms with Crippen LogP contribution in [0.3, 0.4) is 0 Å². The van der Waals surface area contributed by atoms with Crippen LogP contribution < -0.4 is 10.2 Å². The van der Waals surface area contributed by atoms with E-state index in [0.29, 0.717) is 6.04 Å². The SMILES string of the molecule is CC1=C[C@H](C)C[C@@H](CN[C@@H]2CCN(c3ccccn3)C2)C1. The largest absolute Gasteiger partial charge is 0.355 e. The Kier molecular flexibility index (Phi) is 4.59. The second-order valence-electron chi connectivity index (χ2n) is 6.82. The second-order valence-corrected chi connectivity index (χ2v) is 6.82. The summed E-state index contributed by atoms with van der Waals surface area (Å²) >= 11 is 0. The zero-order valence-electron chi connectivity index (χ0n) is 13.3. The van der Waals surface area contributed by atoms with E-state index >= 15 is 0 Å². The first-order chi connectivity index (χ1) is 10.2. The molecule has 3 atom stereocenters. The normalized spacial score (nSPS) is 29.5. The van der Waals surface area contributed by atoms with E-state index in [4.69, 9.17) is 0 Å². The van der Waals surface area contributed by atoms with Gasteiger partial charge in [0.05, 0.1) is 0 Å². The van der Waals surface area contributed by atoms with Crippen molar-refractivity contribution in [2.45, 2.75) is 39.2 Å². The first-order valence-electron chi connectivity index (χ1n) is 8.27. The fourth-order valence-electron chi connectivity index (χ4n) is 3.85. The molecule has 2 aliphatic rings. The fraction of sp³-hybridized carbons (Fsp3) is 0.611. The quantitative estimate of drug-likeness (QED) is 0.861. The smallest absolute Gasteiger partial charge is 0.128 e. The van der Waals surface area contributed by atoms with Crippen molar-refractivity contribution in [1.29, 1.82) is 0 Å². The van der Waals surface area contributed by atoms with Crippen molar-refractivity contribution >= 4 is 5.82 Å². The Hall–Kier alpha value is -1.35. The molecule has 21 heavy (non-hydrogen) atoms. The lowest BCUT2D eigenvalue weighted by atomic mass is 9.83. The van der Waals surface area contributed by atoms with Crippen LogP contribution in [0.25, 0.3) is 0 Å². The van der Waals surface area contributed by atoms with Crippen molar-refractivity contribution in [3.05, 3.63) is 36.0 Å². The lowest BCUT2D eigenvalue weighted by molar-refractivity contribution is 0.365. The lowest BCUT2D eigenvalue weighted by Gasteiger charge is -2.27. The van der Waals surface area contributed by atoms with E-state index in [2.05, 4.69) is 47.3 Å². The standard InChI is InChI=1S/C18H27N3/c1-14-9-15(2)11-16(10-14)12-20-17-6-8-21(13-17)18-5-3-4-7-19-18/h3-5,7,9,14,16-17,20H,6,8,10-13H2,1-2H3/t14-,16+,17+/m0/s1. The Balaban J connectivity index is 1.46. The number of nitrogens with one attached hydrogen (secondary N) is 1. The molecule has 0 aromatic carbocycles. The Bertz CT molecular complexity index is 482. The van der Waals surface area contributed by atoms with E-state index in [0.717, 1.165) is 37.3 Å². The van der Waals surface area contributed by atoms with Gasteiger partial charge < -0.3 is 10.2 Å². The molecule has 0 bridgehead atoms. The van der Waals surface area contributed by atoms with Gasteiger partial charge in [-0.25, -0.2) is 4.98 Å². The van der Waals surface area contributed by atoms with E-state index in [-0.39, 0.29) is 0 Å². The monoisotopic (exact) mass is 285 g/mol. The number of aromatic nitrogens is 1. The maximum Gasteiger partial charge on any atom is 0.128 e. The van der Waals surface area contributed by atoms with Gasteiger partial charge >= 0.3 is 0 Å². The van der Waals surface area contributed by atoms with Crippen LogP contribution in [0.1, 0.15) is 33.1 Å². The number of rotatable bonds is 4. The summed E-state index contributed by atoms with van der Waals surface area (Å²) in [4.78, 5) is 6.85. The van der Waals surface area contributed by atoms with Gasteiger partial charge in [0, 0.05) is 25.3 Å². The van der Waals surface area contributed by atoms with Crippen LogP contribution in [0.15, 0.2) is 36.0 Å². The Morgan fingerprint density at radius 1 is 1.38 bits per heavy atom. The third kappa shape index (κ3) is 3.85. The van der Waals surface area contributed by atoms with E-state index < -0.39 is 0 Å². The predicted molar refractivity (Wildman–Crippen MR) is 88.5 cm³/mol. The number of hydrogen-bond donors (Lipinski definition) is 1. The van der Waals surface area contributed by atoms with Gasteiger partial charge in [-0.1, -0.05) is 24.6 Å². The summed E-state index contributed by atoms with van der Waals surface area (Å²) in [5.74, 6) is 2.68. The van der Waals surface area contributed by atoms with E-state index in [1.807, 2.05) is 12.3 Å². The lowest BCUT2D eigenvalue weighted by Crippen LogP contribution is -2.36. The van der Waals surface area contributed by atoms with Gasteiger partial charge in [0.25, 0.3) is 0 Å². The highest BCUT2D eigenvalue weighted by atomic mass is 15.2. The number of allylic oxidation sites excluding steroid dienone is 2. The summed E-state index contributed by atoms with van der Waals surface area (Å²) in [6.45, 7) is 7.99. The van der Waals surface area contributed by atoms with Crippen LogP contribution in [-0.4, -0.2) is 30.7 Å². The number of pyridine rings is 1. The van der Waals surface area contributed by atoms with E-state index in [1.165, 1.54) is 19.3 Å². The highest BCUT2D eigenvalue weighted by molar-refractivity contribution is 5.39. The molecule has 114 valence electrons. The molecule has 1 aliphatic carbocycles. The van der Waals surface area contributed by atoms with E-state index in [1.54, 1.807) is 5.57 Å². The molecule has 0 unspecified atom stereocenters. The molecule has 1 N–H and O–H groups in total. The van der Waals surface area contributed by atoms with Crippen molar-refractivity contribution in [2.24, 2.45) is 11.8 Å². The Morgan fingerprint density at radius 2 is 2.29 bits per heavy atom. The van der Waals surface area contributed by atoms with Crippen molar-refractivity contribution in [3.63, 3.8) is 0 Å². The Morgan fingerprint density at radius 3 is 3.05 bits per heavy atom. The van der Waals surface area contributed by atoms with Gasteiger partial charge in [0.15, 0.2) is 0 Å². The number of nitrogens with zero attached hydrogens (tertiary/aromatic N) is 2. The maximum atomic E-state index is 4.46. The third-order valence-corrected chi connectivity index (χ3v) is 4.74. The average Bonchev–Trinajstić information content (AvgIpc) is 2.94. The molecular weight excluding hydrogens is 258 g/mol. The van der Waals surface area contributed by atoms with Crippen molar-refractivity contribution in [2.75, 3.05) is 24.5 Å². The molecule has 1 aliphatic heterocycles. The minimum absolute atomic E-state index is 0.619. The van der Waals surface area contributed by atoms with Crippen LogP contribution >= 0.6 is 0 Å².